The predicted octanol–water partition coefficient (Wildman–Crippen LogP) is 3.51. The summed E-state index contributed by atoms with van der Waals surface area (Å²) >= 11 is 0. The maximum atomic E-state index is 9.56. The molecule has 0 rings (SSSR count). The molecule has 0 heterocycles. The summed E-state index contributed by atoms with van der Waals surface area (Å²) in [4.78, 5) is 0. The summed E-state index contributed by atoms with van der Waals surface area (Å²) in [5.41, 5.74) is 0. The maximum Gasteiger partial charge on any atom is 0.0549 e. The Morgan fingerprint density at radius 3 is 2.43 bits per heavy atom. The van der Waals surface area contributed by atoms with Crippen LogP contribution in [0.3, 0.4) is 0 Å². The molecule has 0 spiro atoms. The lowest BCUT2D eigenvalue weighted by atomic mass is 10.1. The third kappa shape index (κ3) is 9.61. The highest BCUT2D eigenvalue weighted by Gasteiger charge is 2.01. The summed E-state index contributed by atoms with van der Waals surface area (Å²) in [6.45, 7) is 4.06. The standard InChI is InChI=1S/C13H24O/c1-3-5-7-8-10-12-13(14)11-9-6-4-2/h13-14H,3,5,7-12H2,1-2H3. The minimum atomic E-state index is -0.127. The van der Waals surface area contributed by atoms with Crippen molar-refractivity contribution in [1.29, 1.82) is 0 Å². The van der Waals surface area contributed by atoms with Gasteiger partial charge >= 0.3 is 0 Å². The summed E-state index contributed by atoms with van der Waals surface area (Å²) in [6.07, 6.45) is 8.88. The number of unbranched alkanes of at least 4 members (excludes halogenated alkanes) is 4. The lowest BCUT2D eigenvalue weighted by molar-refractivity contribution is 0.152. The molecule has 0 saturated carbocycles. The van der Waals surface area contributed by atoms with Crippen molar-refractivity contribution in [3.8, 4) is 11.8 Å². The van der Waals surface area contributed by atoms with Gasteiger partial charge in [0.25, 0.3) is 0 Å². The first-order valence-corrected chi connectivity index (χ1v) is 5.89. The molecule has 0 fully saturated rings. The molecule has 0 aliphatic rings. The Bertz CT molecular complexity index is 164. The Kier molecular flexibility index (Phi) is 10.2. The first kappa shape index (κ1) is 13.5. The van der Waals surface area contributed by atoms with Gasteiger partial charge in [-0.1, -0.05) is 39.0 Å². The molecule has 82 valence electrons. The molecule has 1 unspecified atom stereocenters. The number of hydrogen-bond acceptors (Lipinski definition) is 1. The van der Waals surface area contributed by atoms with E-state index < -0.39 is 0 Å². The fourth-order valence-electron chi connectivity index (χ4n) is 1.49. The van der Waals surface area contributed by atoms with E-state index in [-0.39, 0.29) is 6.10 Å². The average Bonchev–Trinajstić information content (AvgIpc) is 2.18. The fraction of sp³-hybridized carbons (Fsp3) is 0.846. The number of hydrogen-bond donors (Lipinski definition) is 1. The second kappa shape index (κ2) is 10.6. The van der Waals surface area contributed by atoms with E-state index in [9.17, 15) is 5.11 Å². The van der Waals surface area contributed by atoms with Crippen LogP contribution in [-0.2, 0) is 0 Å². The molecule has 0 amide bonds. The van der Waals surface area contributed by atoms with Crippen LogP contribution in [0.2, 0.25) is 0 Å². The minimum absolute atomic E-state index is 0.127. The lowest BCUT2D eigenvalue weighted by Gasteiger charge is -2.07. The van der Waals surface area contributed by atoms with Gasteiger partial charge in [0.15, 0.2) is 0 Å². The van der Waals surface area contributed by atoms with E-state index in [0.717, 1.165) is 19.3 Å². The smallest absolute Gasteiger partial charge is 0.0549 e. The summed E-state index contributed by atoms with van der Waals surface area (Å²) in [6, 6.07) is 0. The summed E-state index contributed by atoms with van der Waals surface area (Å²) in [5, 5.41) is 9.56. The Morgan fingerprint density at radius 2 is 1.79 bits per heavy atom. The van der Waals surface area contributed by atoms with Crippen LogP contribution in [0, 0.1) is 11.8 Å². The second-order valence-electron chi connectivity index (χ2n) is 3.82. The quantitative estimate of drug-likeness (QED) is 0.465. The number of rotatable bonds is 8. The van der Waals surface area contributed by atoms with Gasteiger partial charge in [-0.25, -0.2) is 0 Å². The zero-order valence-corrected chi connectivity index (χ0v) is 9.68. The van der Waals surface area contributed by atoms with Crippen molar-refractivity contribution in [3.63, 3.8) is 0 Å². The minimum Gasteiger partial charge on any atom is -0.393 e. The van der Waals surface area contributed by atoms with Gasteiger partial charge in [0.2, 0.25) is 0 Å². The molecule has 1 N–H and O–H groups in total. The zero-order chi connectivity index (χ0) is 10.6. The zero-order valence-electron chi connectivity index (χ0n) is 9.68. The van der Waals surface area contributed by atoms with Crippen molar-refractivity contribution in [2.24, 2.45) is 0 Å². The molecule has 1 atom stereocenters. The molecule has 0 aromatic rings. The molecule has 0 aliphatic heterocycles. The molecule has 0 radical (unpaired) electrons. The molecule has 0 aliphatic carbocycles. The van der Waals surface area contributed by atoms with Crippen LogP contribution in [0.1, 0.15) is 65.2 Å². The van der Waals surface area contributed by atoms with Gasteiger partial charge in [-0.3, -0.25) is 0 Å². The largest absolute Gasteiger partial charge is 0.393 e. The van der Waals surface area contributed by atoms with Crippen molar-refractivity contribution in [2.45, 2.75) is 71.3 Å². The van der Waals surface area contributed by atoms with E-state index >= 15 is 0 Å². The van der Waals surface area contributed by atoms with Crippen molar-refractivity contribution < 1.29 is 5.11 Å². The highest BCUT2D eigenvalue weighted by atomic mass is 16.3. The summed E-state index contributed by atoms with van der Waals surface area (Å²) < 4.78 is 0. The van der Waals surface area contributed by atoms with E-state index in [0.29, 0.717) is 0 Å². The Hall–Kier alpha value is -0.480. The third-order valence-electron chi connectivity index (χ3n) is 2.42. The molecular formula is C13H24O. The van der Waals surface area contributed by atoms with E-state index in [2.05, 4.69) is 18.8 Å². The van der Waals surface area contributed by atoms with Crippen molar-refractivity contribution in [1.82, 2.24) is 0 Å². The predicted molar refractivity (Wildman–Crippen MR) is 62.1 cm³/mol. The first-order valence-electron chi connectivity index (χ1n) is 5.89. The molecule has 0 aromatic heterocycles. The van der Waals surface area contributed by atoms with Crippen LogP contribution in [0.4, 0.5) is 0 Å². The Balaban J connectivity index is 3.16. The van der Waals surface area contributed by atoms with E-state index in [1.165, 1.54) is 32.1 Å². The van der Waals surface area contributed by atoms with E-state index in [1.807, 2.05) is 6.92 Å². The molecule has 0 aromatic carbocycles. The van der Waals surface area contributed by atoms with Crippen molar-refractivity contribution in [3.05, 3.63) is 0 Å². The summed E-state index contributed by atoms with van der Waals surface area (Å²) in [7, 11) is 0. The fourth-order valence-corrected chi connectivity index (χ4v) is 1.49. The molecular weight excluding hydrogens is 172 g/mol. The van der Waals surface area contributed by atoms with Gasteiger partial charge in [0, 0.05) is 6.42 Å². The molecule has 14 heavy (non-hydrogen) atoms. The van der Waals surface area contributed by atoms with Crippen LogP contribution >= 0.6 is 0 Å². The first-order chi connectivity index (χ1) is 6.81. The maximum absolute atomic E-state index is 9.56. The van der Waals surface area contributed by atoms with Gasteiger partial charge < -0.3 is 5.11 Å². The van der Waals surface area contributed by atoms with Gasteiger partial charge in [-0.05, 0) is 19.8 Å². The van der Waals surface area contributed by atoms with Crippen LogP contribution in [0.25, 0.3) is 0 Å². The topological polar surface area (TPSA) is 20.2 Å². The molecule has 1 nitrogen and oxygen atoms in total. The lowest BCUT2D eigenvalue weighted by Crippen LogP contribution is -2.05. The Morgan fingerprint density at radius 1 is 1.07 bits per heavy atom. The second-order valence-corrected chi connectivity index (χ2v) is 3.82. The SMILES string of the molecule is CC#CCCC(O)CCCCCCC. The van der Waals surface area contributed by atoms with Crippen LogP contribution in [0.5, 0.6) is 0 Å². The number of aliphatic hydroxyl groups excluding tert-OH is 1. The monoisotopic (exact) mass is 196 g/mol. The molecule has 1 heteroatoms. The molecule has 0 saturated heterocycles. The van der Waals surface area contributed by atoms with Crippen LogP contribution in [0.15, 0.2) is 0 Å². The highest BCUT2D eigenvalue weighted by molar-refractivity contribution is 4.94. The normalized spacial score (nSPS) is 11.9. The number of aliphatic hydroxyl groups is 1. The highest BCUT2D eigenvalue weighted by Crippen LogP contribution is 2.09. The van der Waals surface area contributed by atoms with Crippen molar-refractivity contribution in [2.75, 3.05) is 0 Å². The van der Waals surface area contributed by atoms with Crippen molar-refractivity contribution >= 4 is 0 Å². The molecule has 0 bridgehead atoms. The van der Waals surface area contributed by atoms with Crippen LogP contribution in [-0.4, -0.2) is 11.2 Å². The van der Waals surface area contributed by atoms with E-state index in [1.54, 1.807) is 0 Å². The average molecular weight is 196 g/mol. The Labute approximate surface area is 88.9 Å². The van der Waals surface area contributed by atoms with E-state index in [4.69, 9.17) is 0 Å². The van der Waals surface area contributed by atoms with Crippen LogP contribution < -0.4 is 0 Å². The third-order valence-corrected chi connectivity index (χ3v) is 2.42. The summed E-state index contributed by atoms with van der Waals surface area (Å²) in [5.74, 6) is 5.83. The van der Waals surface area contributed by atoms with Gasteiger partial charge in [0.05, 0.1) is 6.10 Å². The van der Waals surface area contributed by atoms with Gasteiger partial charge in [0.1, 0.15) is 0 Å². The van der Waals surface area contributed by atoms with Gasteiger partial charge in [-0.15, -0.1) is 11.8 Å². The van der Waals surface area contributed by atoms with Gasteiger partial charge in [-0.2, -0.15) is 0 Å².